The van der Waals surface area contributed by atoms with Crippen molar-refractivity contribution in [3.63, 3.8) is 0 Å². The lowest BCUT2D eigenvalue weighted by atomic mass is 9.76. The Morgan fingerprint density at radius 2 is 1.84 bits per heavy atom. The van der Waals surface area contributed by atoms with Gasteiger partial charge in [0.25, 0.3) is 0 Å². The average molecular weight is 341 g/mol. The van der Waals surface area contributed by atoms with Gasteiger partial charge in [0.1, 0.15) is 11.6 Å². The van der Waals surface area contributed by atoms with E-state index in [0.717, 1.165) is 37.9 Å². The van der Waals surface area contributed by atoms with Crippen molar-refractivity contribution in [3.05, 3.63) is 65.5 Å². The van der Waals surface area contributed by atoms with Gasteiger partial charge in [0.05, 0.1) is 13.2 Å². The van der Waals surface area contributed by atoms with Gasteiger partial charge < -0.3 is 15.2 Å². The van der Waals surface area contributed by atoms with Crippen LogP contribution in [0, 0.1) is 5.82 Å². The van der Waals surface area contributed by atoms with E-state index in [9.17, 15) is 9.50 Å². The molecule has 4 heteroatoms. The number of hydrogen-bond acceptors (Lipinski definition) is 3. The molecular weight excluding hydrogens is 317 g/mol. The highest BCUT2D eigenvalue weighted by molar-refractivity contribution is 5.32. The summed E-state index contributed by atoms with van der Waals surface area (Å²) in [5.41, 5.74) is 1.63. The highest BCUT2D eigenvalue weighted by Gasteiger charge is 2.56. The number of hydrogen-bond donors (Lipinski definition) is 2. The van der Waals surface area contributed by atoms with Crippen LogP contribution in [0.1, 0.15) is 42.9 Å². The third-order valence-electron chi connectivity index (χ3n) is 6.00. The molecule has 4 rings (SSSR count). The Balaban J connectivity index is 1.52. The predicted molar refractivity (Wildman–Crippen MR) is 95.1 cm³/mol. The van der Waals surface area contributed by atoms with Crippen LogP contribution in [0.4, 0.5) is 4.39 Å². The fourth-order valence-corrected chi connectivity index (χ4v) is 4.65. The van der Waals surface area contributed by atoms with Gasteiger partial charge in [-0.3, -0.25) is 0 Å². The molecule has 2 bridgehead atoms. The maximum Gasteiger partial charge on any atom is 0.123 e. The number of aliphatic hydroxyl groups excluding tert-OH is 1. The molecular formula is C21H24FNO2. The lowest BCUT2D eigenvalue weighted by Gasteiger charge is -2.32. The quantitative estimate of drug-likeness (QED) is 0.870. The molecule has 0 aliphatic carbocycles. The number of benzene rings is 2. The molecule has 25 heavy (non-hydrogen) atoms. The Morgan fingerprint density at radius 1 is 1.12 bits per heavy atom. The number of ether oxygens (including phenoxy) is 1. The van der Waals surface area contributed by atoms with Crippen LogP contribution in [-0.2, 0) is 6.42 Å². The second kappa shape index (κ2) is 6.11. The van der Waals surface area contributed by atoms with Crippen molar-refractivity contribution in [2.24, 2.45) is 0 Å². The van der Waals surface area contributed by atoms with Crippen molar-refractivity contribution in [2.45, 2.75) is 49.3 Å². The van der Waals surface area contributed by atoms with Crippen molar-refractivity contribution >= 4 is 0 Å². The smallest absolute Gasteiger partial charge is 0.123 e. The zero-order valence-corrected chi connectivity index (χ0v) is 14.5. The van der Waals surface area contributed by atoms with E-state index >= 15 is 0 Å². The molecule has 2 aliphatic heterocycles. The first-order valence-corrected chi connectivity index (χ1v) is 8.90. The van der Waals surface area contributed by atoms with Gasteiger partial charge in [-0.1, -0.05) is 24.3 Å². The average Bonchev–Trinajstić information content (AvgIpc) is 3.19. The number of methoxy groups -OCH3 is 1. The molecule has 2 aliphatic rings. The van der Waals surface area contributed by atoms with E-state index in [2.05, 4.69) is 17.4 Å². The van der Waals surface area contributed by atoms with Crippen molar-refractivity contribution in [3.8, 4) is 5.75 Å². The third kappa shape index (κ3) is 2.94. The van der Waals surface area contributed by atoms with Gasteiger partial charge >= 0.3 is 0 Å². The minimum absolute atomic E-state index is 0.0306. The minimum atomic E-state index is -0.677. The molecule has 2 N–H and O–H groups in total. The van der Waals surface area contributed by atoms with E-state index in [-0.39, 0.29) is 16.9 Å². The zero-order chi connectivity index (χ0) is 17.5. The molecule has 2 heterocycles. The van der Waals surface area contributed by atoms with E-state index in [1.54, 1.807) is 13.2 Å². The van der Waals surface area contributed by atoms with Gasteiger partial charge in [0, 0.05) is 11.1 Å². The molecule has 132 valence electrons. The number of rotatable bonds is 5. The summed E-state index contributed by atoms with van der Waals surface area (Å²) in [7, 11) is 1.67. The Morgan fingerprint density at radius 3 is 2.48 bits per heavy atom. The van der Waals surface area contributed by atoms with Crippen LogP contribution in [0.2, 0.25) is 0 Å². The first kappa shape index (κ1) is 16.6. The van der Waals surface area contributed by atoms with Gasteiger partial charge in [0.15, 0.2) is 0 Å². The van der Waals surface area contributed by atoms with E-state index in [1.165, 1.54) is 17.7 Å². The summed E-state index contributed by atoms with van der Waals surface area (Å²) in [5, 5.41) is 14.7. The fraction of sp³-hybridized carbons (Fsp3) is 0.429. The largest absolute Gasteiger partial charge is 0.497 e. The van der Waals surface area contributed by atoms with E-state index in [4.69, 9.17) is 4.74 Å². The van der Waals surface area contributed by atoms with Crippen LogP contribution in [0.5, 0.6) is 5.75 Å². The number of fused-ring (bicyclic) bond motifs is 2. The van der Waals surface area contributed by atoms with E-state index in [0.29, 0.717) is 5.56 Å². The Bertz CT molecular complexity index is 751. The van der Waals surface area contributed by atoms with Gasteiger partial charge in [-0.05, 0) is 67.5 Å². The van der Waals surface area contributed by atoms with Crippen LogP contribution >= 0.6 is 0 Å². The van der Waals surface area contributed by atoms with Crippen molar-refractivity contribution in [2.75, 3.05) is 7.11 Å². The topological polar surface area (TPSA) is 41.5 Å². The minimum Gasteiger partial charge on any atom is -0.497 e. The molecule has 0 amide bonds. The van der Waals surface area contributed by atoms with E-state index in [1.807, 2.05) is 18.2 Å². The van der Waals surface area contributed by atoms with Crippen molar-refractivity contribution in [1.82, 2.24) is 5.32 Å². The van der Waals surface area contributed by atoms with Gasteiger partial charge in [-0.25, -0.2) is 4.39 Å². The number of halogens is 1. The molecule has 0 unspecified atom stereocenters. The van der Waals surface area contributed by atoms with Crippen LogP contribution in [-0.4, -0.2) is 23.3 Å². The Kier molecular flexibility index (Phi) is 4.05. The number of aliphatic hydroxyl groups is 1. The lowest BCUT2D eigenvalue weighted by Crippen LogP contribution is -2.47. The maximum atomic E-state index is 13.5. The summed E-state index contributed by atoms with van der Waals surface area (Å²) >= 11 is 0. The van der Waals surface area contributed by atoms with E-state index < -0.39 is 6.10 Å². The number of nitrogens with one attached hydrogen (secondary N) is 1. The summed E-state index contributed by atoms with van der Waals surface area (Å²) in [6, 6.07) is 14.5. The van der Waals surface area contributed by atoms with Crippen molar-refractivity contribution in [1.29, 1.82) is 0 Å². The molecule has 2 saturated heterocycles. The molecule has 1 atom stereocenters. The standard InChI is InChI=1S/C21H24FNO2/c1-25-18-7-5-15(6-8-18)14-20-9-11-21(23-20,12-10-20)19(24)16-3-2-4-17(22)13-16/h2-8,13,19,23-24H,9-12,14H2,1H3/t19-,20?,21?/m0/s1. The van der Waals surface area contributed by atoms with Crippen molar-refractivity contribution < 1.29 is 14.2 Å². The van der Waals surface area contributed by atoms with Crippen LogP contribution in [0.15, 0.2) is 48.5 Å². The first-order chi connectivity index (χ1) is 12.0. The first-order valence-electron chi connectivity index (χ1n) is 8.90. The summed E-state index contributed by atoms with van der Waals surface area (Å²) in [6.07, 6.45) is 4.16. The second-order valence-corrected chi connectivity index (χ2v) is 7.54. The Hall–Kier alpha value is -1.91. The van der Waals surface area contributed by atoms with Gasteiger partial charge in [-0.15, -0.1) is 0 Å². The van der Waals surface area contributed by atoms with Crippen LogP contribution < -0.4 is 10.1 Å². The monoisotopic (exact) mass is 341 g/mol. The predicted octanol–water partition coefficient (Wildman–Crippen LogP) is 3.77. The molecule has 2 fully saturated rings. The summed E-state index contributed by atoms with van der Waals surface area (Å²) < 4.78 is 18.8. The highest BCUT2D eigenvalue weighted by atomic mass is 19.1. The van der Waals surface area contributed by atoms with Gasteiger partial charge in [0.2, 0.25) is 0 Å². The molecule has 0 aromatic heterocycles. The second-order valence-electron chi connectivity index (χ2n) is 7.54. The molecule has 3 nitrogen and oxygen atoms in total. The summed E-state index contributed by atoms with van der Waals surface area (Å²) in [5.74, 6) is 0.566. The summed E-state index contributed by atoms with van der Waals surface area (Å²) in [4.78, 5) is 0. The van der Waals surface area contributed by atoms with Gasteiger partial charge in [-0.2, -0.15) is 0 Å². The molecule has 0 radical (unpaired) electrons. The molecule has 0 saturated carbocycles. The third-order valence-corrected chi connectivity index (χ3v) is 6.00. The molecule has 2 aromatic carbocycles. The lowest BCUT2D eigenvalue weighted by molar-refractivity contribution is 0.0734. The Labute approximate surface area is 147 Å². The van der Waals surface area contributed by atoms with Crippen LogP contribution in [0.25, 0.3) is 0 Å². The highest BCUT2D eigenvalue weighted by Crippen LogP contribution is 2.51. The maximum absolute atomic E-state index is 13.5. The summed E-state index contributed by atoms with van der Waals surface area (Å²) in [6.45, 7) is 0. The zero-order valence-electron chi connectivity index (χ0n) is 14.5. The fourth-order valence-electron chi connectivity index (χ4n) is 4.65. The molecule has 2 aromatic rings. The SMILES string of the molecule is COc1ccc(CC23CCC([C@@H](O)c4cccc(F)c4)(CC2)N3)cc1. The van der Waals surface area contributed by atoms with Crippen LogP contribution in [0.3, 0.4) is 0 Å². The molecule has 0 spiro atoms. The normalized spacial score (nSPS) is 28.9.